The van der Waals surface area contributed by atoms with E-state index in [1.165, 1.54) is 0 Å². The summed E-state index contributed by atoms with van der Waals surface area (Å²) >= 11 is 0. The van der Waals surface area contributed by atoms with Gasteiger partial charge in [0, 0.05) is 22.5 Å². The normalized spacial score (nSPS) is 10.7. The van der Waals surface area contributed by atoms with Crippen molar-refractivity contribution in [2.24, 2.45) is 0 Å². The Morgan fingerprint density at radius 1 is 0.500 bits per heavy atom. The number of fused-ring (bicyclic) bond motifs is 1. The summed E-state index contributed by atoms with van der Waals surface area (Å²) in [6, 6.07) is 39.6. The topological polar surface area (TPSA) is 77.6 Å². The van der Waals surface area contributed by atoms with Gasteiger partial charge in [-0.1, -0.05) is 36.4 Å². The van der Waals surface area contributed by atoms with Crippen molar-refractivity contribution in [3.05, 3.63) is 150 Å². The summed E-state index contributed by atoms with van der Waals surface area (Å²) in [5.74, 6) is 2.41. The van der Waals surface area contributed by atoms with Crippen LogP contribution in [0.5, 0.6) is 28.7 Å². The Labute approximate surface area is 230 Å². The highest BCUT2D eigenvalue weighted by Crippen LogP contribution is 2.26. The predicted octanol–water partition coefficient (Wildman–Crippen LogP) is 8.20. The van der Waals surface area contributed by atoms with Crippen molar-refractivity contribution >= 4 is 22.7 Å². The largest absolute Gasteiger partial charge is 0.457 e. The molecule has 0 spiro atoms. The van der Waals surface area contributed by atoms with Crippen LogP contribution in [0.4, 0.5) is 0 Å². The average molecular weight is 526 g/mol. The lowest BCUT2D eigenvalue weighted by molar-refractivity contribution is 0.0734. The number of rotatable bonds is 8. The maximum absolute atomic E-state index is 13.1. The van der Waals surface area contributed by atoms with Gasteiger partial charge in [-0.3, -0.25) is 4.79 Å². The first kappa shape index (κ1) is 24.7. The van der Waals surface area contributed by atoms with Crippen LogP contribution in [0.25, 0.3) is 10.9 Å². The molecule has 0 bridgehead atoms. The molecule has 6 heteroatoms. The van der Waals surface area contributed by atoms with Crippen LogP contribution in [0.2, 0.25) is 0 Å². The molecule has 0 saturated heterocycles. The number of H-pyrrole nitrogens is 1. The van der Waals surface area contributed by atoms with E-state index in [0.717, 1.165) is 11.1 Å². The number of ketones is 1. The predicted molar refractivity (Wildman–Crippen MR) is 153 cm³/mol. The summed E-state index contributed by atoms with van der Waals surface area (Å²) in [7, 11) is 0. The Morgan fingerprint density at radius 3 is 1.57 bits per heavy atom. The van der Waals surface area contributed by atoms with Gasteiger partial charge >= 0.3 is 5.97 Å². The van der Waals surface area contributed by atoms with Gasteiger partial charge in [0.25, 0.3) is 0 Å². The molecule has 1 aromatic heterocycles. The number of para-hydroxylation sites is 2. The zero-order chi connectivity index (χ0) is 27.3. The van der Waals surface area contributed by atoms with Gasteiger partial charge in [0.1, 0.15) is 28.7 Å². The summed E-state index contributed by atoms with van der Waals surface area (Å²) in [6.07, 6.45) is 0. The second-order valence-electron chi connectivity index (χ2n) is 9.03. The third-order valence-electron chi connectivity index (χ3n) is 6.21. The number of benzene rings is 5. The fraction of sp³-hybridized carbons (Fsp3) is 0. The van der Waals surface area contributed by atoms with Gasteiger partial charge < -0.3 is 19.2 Å². The molecule has 6 nitrogen and oxygen atoms in total. The first-order valence-corrected chi connectivity index (χ1v) is 12.7. The molecular weight excluding hydrogens is 502 g/mol. The van der Waals surface area contributed by atoms with Crippen LogP contribution in [0, 0.1) is 0 Å². The summed E-state index contributed by atoms with van der Waals surface area (Å²) in [5, 5.41) is 0.828. The molecule has 0 aliphatic rings. The minimum absolute atomic E-state index is 0.154. The van der Waals surface area contributed by atoms with E-state index in [4.69, 9.17) is 14.2 Å². The molecule has 1 N–H and O–H groups in total. The molecule has 0 saturated carbocycles. The fourth-order valence-corrected chi connectivity index (χ4v) is 4.20. The van der Waals surface area contributed by atoms with Gasteiger partial charge in [-0.05, 0) is 91.0 Å². The van der Waals surface area contributed by atoms with E-state index < -0.39 is 5.97 Å². The lowest BCUT2D eigenvalue weighted by Crippen LogP contribution is -2.08. The van der Waals surface area contributed by atoms with Gasteiger partial charge in [0.2, 0.25) is 5.78 Å². The summed E-state index contributed by atoms with van der Waals surface area (Å²) in [4.78, 5) is 29.0. The Balaban J connectivity index is 1.12. The van der Waals surface area contributed by atoms with E-state index in [-0.39, 0.29) is 5.78 Å². The number of esters is 1. The van der Waals surface area contributed by atoms with Crippen molar-refractivity contribution < 1.29 is 23.8 Å². The zero-order valence-corrected chi connectivity index (χ0v) is 21.2. The lowest BCUT2D eigenvalue weighted by Gasteiger charge is -2.07. The van der Waals surface area contributed by atoms with Gasteiger partial charge in [-0.2, -0.15) is 0 Å². The van der Waals surface area contributed by atoms with Crippen LogP contribution in [0.15, 0.2) is 133 Å². The SMILES string of the molecule is O=C(Oc1ccc2cc(C(=O)c3ccc(Oc4ccccc4)cc3)[nH]c2c1)c1ccc(Oc2ccccc2)cc1. The summed E-state index contributed by atoms with van der Waals surface area (Å²) < 4.78 is 17.2. The molecule has 6 rings (SSSR count). The van der Waals surface area contributed by atoms with Crippen molar-refractivity contribution in [1.82, 2.24) is 4.98 Å². The van der Waals surface area contributed by atoms with Crippen LogP contribution in [-0.2, 0) is 0 Å². The maximum Gasteiger partial charge on any atom is 0.343 e. The highest BCUT2D eigenvalue weighted by atomic mass is 16.5. The van der Waals surface area contributed by atoms with Gasteiger partial charge in [0.05, 0.1) is 11.3 Å². The highest BCUT2D eigenvalue weighted by molar-refractivity contribution is 6.10. The Morgan fingerprint density at radius 2 is 1.00 bits per heavy atom. The zero-order valence-electron chi connectivity index (χ0n) is 21.2. The second kappa shape index (κ2) is 11.0. The van der Waals surface area contributed by atoms with Crippen LogP contribution in [0.1, 0.15) is 26.4 Å². The number of carbonyl (C=O) groups excluding carboxylic acids is 2. The first-order valence-electron chi connectivity index (χ1n) is 12.7. The second-order valence-corrected chi connectivity index (χ2v) is 9.03. The molecule has 0 amide bonds. The molecular formula is C34H23NO5. The van der Waals surface area contributed by atoms with E-state index in [0.29, 0.717) is 45.3 Å². The third kappa shape index (κ3) is 5.61. The molecule has 0 unspecified atom stereocenters. The van der Waals surface area contributed by atoms with Gasteiger partial charge in [-0.25, -0.2) is 4.79 Å². The van der Waals surface area contributed by atoms with Gasteiger partial charge in [-0.15, -0.1) is 0 Å². The molecule has 1 heterocycles. The minimum Gasteiger partial charge on any atom is -0.457 e. The maximum atomic E-state index is 13.1. The molecule has 0 atom stereocenters. The Bertz CT molecular complexity index is 1770. The molecule has 0 aliphatic carbocycles. The molecule has 0 fully saturated rings. The summed E-state index contributed by atoms with van der Waals surface area (Å²) in [5.41, 5.74) is 2.04. The molecule has 194 valence electrons. The number of carbonyl (C=O) groups is 2. The van der Waals surface area contributed by atoms with Crippen molar-refractivity contribution in [1.29, 1.82) is 0 Å². The van der Waals surface area contributed by atoms with Crippen molar-refractivity contribution in [2.75, 3.05) is 0 Å². The van der Waals surface area contributed by atoms with Crippen LogP contribution < -0.4 is 14.2 Å². The van der Waals surface area contributed by atoms with Crippen LogP contribution >= 0.6 is 0 Å². The number of aromatic amines is 1. The fourth-order valence-electron chi connectivity index (χ4n) is 4.20. The first-order chi connectivity index (χ1) is 19.6. The Kier molecular flexibility index (Phi) is 6.80. The van der Waals surface area contributed by atoms with Gasteiger partial charge in [0.15, 0.2) is 0 Å². The van der Waals surface area contributed by atoms with E-state index in [2.05, 4.69) is 4.98 Å². The lowest BCUT2D eigenvalue weighted by atomic mass is 10.1. The number of hydrogen-bond acceptors (Lipinski definition) is 5. The summed E-state index contributed by atoms with van der Waals surface area (Å²) in [6.45, 7) is 0. The molecule has 40 heavy (non-hydrogen) atoms. The monoisotopic (exact) mass is 525 g/mol. The minimum atomic E-state index is -0.494. The number of hydrogen-bond donors (Lipinski definition) is 1. The number of ether oxygens (including phenoxy) is 3. The molecule has 6 aromatic rings. The number of aromatic nitrogens is 1. The third-order valence-corrected chi connectivity index (χ3v) is 6.21. The van der Waals surface area contributed by atoms with E-state index in [1.54, 1.807) is 72.8 Å². The van der Waals surface area contributed by atoms with E-state index in [1.807, 2.05) is 60.7 Å². The number of nitrogens with one attached hydrogen (secondary N) is 1. The molecule has 0 aliphatic heterocycles. The smallest absolute Gasteiger partial charge is 0.343 e. The quantitative estimate of drug-likeness (QED) is 0.123. The van der Waals surface area contributed by atoms with Crippen LogP contribution in [-0.4, -0.2) is 16.7 Å². The van der Waals surface area contributed by atoms with Crippen molar-refractivity contribution in [2.45, 2.75) is 0 Å². The van der Waals surface area contributed by atoms with Crippen molar-refractivity contribution in [3.63, 3.8) is 0 Å². The van der Waals surface area contributed by atoms with Crippen molar-refractivity contribution in [3.8, 4) is 28.7 Å². The van der Waals surface area contributed by atoms with E-state index in [9.17, 15) is 9.59 Å². The highest BCUT2D eigenvalue weighted by Gasteiger charge is 2.14. The molecule has 5 aromatic carbocycles. The molecule has 0 radical (unpaired) electrons. The van der Waals surface area contributed by atoms with E-state index >= 15 is 0 Å². The Hall–Kier alpha value is -5.62. The standard InChI is InChI=1S/C34H23NO5/c36-33(23-11-16-28(17-12-23)38-26-7-3-1-4-8-26)32-21-25-15-20-30(22-31(25)35-32)40-34(37)24-13-18-29(19-14-24)39-27-9-5-2-6-10-27/h1-22,35H. The van der Waals surface area contributed by atoms with Crippen LogP contribution in [0.3, 0.4) is 0 Å². The average Bonchev–Trinajstić information content (AvgIpc) is 3.42.